The lowest BCUT2D eigenvalue weighted by Crippen LogP contribution is -2.42. The van der Waals surface area contributed by atoms with Crippen LogP contribution in [0.5, 0.6) is 11.5 Å². The number of anilines is 1. The molecule has 5 rings (SSSR count). The number of ether oxygens (including phenoxy) is 2. The van der Waals surface area contributed by atoms with Gasteiger partial charge in [0, 0.05) is 27.4 Å². The molecule has 1 aliphatic carbocycles. The van der Waals surface area contributed by atoms with Gasteiger partial charge in [-0.3, -0.25) is 4.79 Å². The molecule has 1 N–H and O–H groups in total. The summed E-state index contributed by atoms with van der Waals surface area (Å²) in [5.41, 5.74) is 4.75. The molecule has 1 amide bonds. The van der Waals surface area contributed by atoms with Crippen LogP contribution in [0.2, 0.25) is 5.02 Å². The minimum Gasteiger partial charge on any atom is -0.497 e. The second-order valence-corrected chi connectivity index (χ2v) is 9.40. The Labute approximate surface area is 208 Å². The lowest BCUT2D eigenvalue weighted by Gasteiger charge is -2.25. The zero-order valence-electron chi connectivity index (χ0n) is 19.7. The van der Waals surface area contributed by atoms with Crippen molar-refractivity contribution in [1.29, 1.82) is 0 Å². The number of fused-ring (bicyclic) bond motifs is 3. The van der Waals surface area contributed by atoms with Crippen LogP contribution in [0, 0.1) is 0 Å². The highest BCUT2D eigenvalue weighted by molar-refractivity contribution is 6.30. The van der Waals surface area contributed by atoms with E-state index in [1.165, 1.54) is 5.56 Å². The van der Waals surface area contributed by atoms with Gasteiger partial charge in [-0.15, -0.1) is 0 Å². The largest absolute Gasteiger partial charge is 0.497 e. The first-order chi connectivity index (χ1) is 16.8. The maximum Gasteiger partial charge on any atom is 0.267 e. The van der Waals surface area contributed by atoms with Crippen LogP contribution in [0.25, 0.3) is 22.6 Å². The topological polar surface area (TPSA) is 73.6 Å². The van der Waals surface area contributed by atoms with Crippen molar-refractivity contribution in [2.75, 3.05) is 12.4 Å². The number of carbonyl (C=O) groups is 1. The van der Waals surface area contributed by atoms with Gasteiger partial charge in [-0.1, -0.05) is 16.8 Å². The Kier molecular flexibility index (Phi) is 5.99. The summed E-state index contributed by atoms with van der Waals surface area (Å²) in [7, 11) is 1.67. The summed E-state index contributed by atoms with van der Waals surface area (Å²) in [5, 5.41) is 7.90. The average Bonchev–Trinajstić information content (AvgIpc) is 3.30. The molecule has 0 bridgehead atoms. The summed E-state index contributed by atoms with van der Waals surface area (Å²) < 4.78 is 17.0. The SMILES string of the molecule is COc1ccc2c(c1)CCc1c-2noc1-c1ccc(NC(=O)C(C)(C)Oc2ccc(Cl)cc2)cc1. The second-order valence-electron chi connectivity index (χ2n) is 8.96. The highest BCUT2D eigenvalue weighted by atomic mass is 35.5. The van der Waals surface area contributed by atoms with Gasteiger partial charge in [-0.05, 0) is 99.0 Å². The second kappa shape index (κ2) is 9.12. The molecule has 0 fully saturated rings. The maximum atomic E-state index is 12.9. The summed E-state index contributed by atoms with van der Waals surface area (Å²) in [5.74, 6) is 1.91. The Morgan fingerprint density at radius 2 is 1.71 bits per heavy atom. The third-order valence-corrected chi connectivity index (χ3v) is 6.39. The smallest absolute Gasteiger partial charge is 0.267 e. The molecule has 0 aliphatic heterocycles. The van der Waals surface area contributed by atoms with Gasteiger partial charge in [0.1, 0.15) is 17.2 Å². The van der Waals surface area contributed by atoms with Crippen LogP contribution in [-0.4, -0.2) is 23.8 Å². The summed E-state index contributed by atoms with van der Waals surface area (Å²) in [6.45, 7) is 3.44. The molecule has 178 valence electrons. The van der Waals surface area contributed by atoms with E-state index in [1.54, 1.807) is 45.2 Å². The molecule has 7 heteroatoms. The van der Waals surface area contributed by atoms with Crippen LogP contribution >= 0.6 is 11.6 Å². The molecule has 35 heavy (non-hydrogen) atoms. The molecule has 4 aromatic rings. The van der Waals surface area contributed by atoms with E-state index in [4.69, 9.17) is 25.6 Å². The lowest BCUT2D eigenvalue weighted by atomic mass is 9.88. The first-order valence-electron chi connectivity index (χ1n) is 11.4. The van der Waals surface area contributed by atoms with E-state index in [0.29, 0.717) is 16.5 Å². The van der Waals surface area contributed by atoms with Gasteiger partial charge in [0.05, 0.1) is 7.11 Å². The first-order valence-corrected chi connectivity index (χ1v) is 11.7. The number of amides is 1. The molecule has 0 spiro atoms. The van der Waals surface area contributed by atoms with Gasteiger partial charge < -0.3 is 19.3 Å². The van der Waals surface area contributed by atoms with E-state index in [-0.39, 0.29) is 5.91 Å². The molecule has 0 saturated carbocycles. The third kappa shape index (κ3) is 4.62. The van der Waals surface area contributed by atoms with E-state index in [1.807, 2.05) is 36.4 Å². The molecule has 0 radical (unpaired) electrons. The highest BCUT2D eigenvalue weighted by Gasteiger charge is 2.30. The van der Waals surface area contributed by atoms with Crippen LogP contribution in [0.1, 0.15) is 25.0 Å². The predicted molar refractivity (Wildman–Crippen MR) is 136 cm³/mol. The maximum absolute atomic E-state index is 12.9. The van der Waals surface area contributed by atoms with Crippen molar-refractivity contribution in [2.45, 2.75) is 32.3 Å². The van der Waals surface area contributed by atoms with Crippen LogP contribution in [0.15, 0.2) is 71.3 Å². The molecule has 3 aromatic carbocycles. The van der Waals surface area contributed by atoms with E-state index in [9.17, 15) is 4.79 Å². The molecular formula is C28H25ClN2O4. The Morgan fingerprint density at radius 3 is 2.43 bits per heavy atom. The highest BCUT2D eigenvalue weighted by Crippen LogP contribution is 2.39. The van der Waals surface area contributed by atoms with Crippen molar-refractivity contribution in [3.8, 4) is 34.1 Å². The van der Waals surface area contributed by atoms with Crippen molar-refractivity contribution >= 4 is 23.2 Å². The van der Waals surface area contributed by atoms with Crippen molar-refractivity contribution in [2.24, 2.45) is 0 Å². The van der Waals surface area contributed by atoms with Gasteiger partial charge in [0.2, 0.25) is 0 Å². The Morgan fingerprint density at radius 1 is 1.00 bits per heavy atom. The lowest BCUT2D eigenvalue weighted by molar-refractivity contribution is -0.128. The number of aryl methyl sites for hydroxylation is 1. The molecule has 0 atom stereocenters. The third-order valence-electron chi connectivity index (χ3n) is 6.14. The number of nitrogens with one attached hydrogen (secondary N) is 1. The monoisotopic (exact) mass is 488 g/mol. The fourth-order valence-corrected chi connectivity index (χ4v) is 4.33. The quantitative estimate of drug-likeness (QED) is 0.332. The Balaban J connectivity index is 1.31. The van der Waals surface area contributed by atoms with E-state index in [0.717, 1.165) is 46.7 Å². The van der Waals surface area contributed by atoms with Crippen LogP contribution in [0.3, 0.4) is 0 Å². The van der Waals surface area contributed by atoms with Gasteiger partial charge in [0.25, 0.3) is 5.91 Å². The van der Waals surface area contributed by atoms with Crippen LogP contribution in [0.4, 0.5) is 5.69 Å². The number of benzene rings is 3. The molecule has 1 aromatic heterocycles. The fourth-order valence-electron chi connectivity index (χ4n) is 4.20. The zero-order chi connectivity index (χ0) is 24.6. The summed E-state index contributed by atoms with van der Waals surface area (Å²) in [6, 6.07) is 20.5. The van der Waals surface area contributed by atoms with E-state index in [2.05, 4.69) is 16.5 Å². The number of nitrogens with zero attached hydrogens (tertiary/aromatic N) is 1. The van der Waals surface area contributed by atoms with Gasteiger partial charge >= 0.3 is 0 Å². The number of rotatable bonds is 6. The molecule has 6 nitrogen and oxygen atoms in total. The Bertz CT molecular complexity index is 1380. The summed E-state index contributed by atoms with van der Waals surface area (Å²) in [6.07, 6.45) is 1.73. The van der Waals surface area contributed by atoms with Crippen LogP contribution in [-0.2, 0) is 17.6 Å². The molecular weight excluding hydrogens is 464 g/mol. The fraction of sp³-hybridized carbons (Fsp3) is 0.214. The van der Waals surface area contributed by atoms with Gasteiger partial charge in [0.15, 0.2) is 11.4 Å². The number of methoxy groups -OCH3 is 1. The molecule has 1 aliphatic rings. The minimum atomic E-state index is -1.08. The van der Waals surface area contributed by atoms with E-state index >= 15 is 0 Å². The summed E-state index contributed by atoms with van der Waals surface area (Å²) in [4.78, 5) is 12.9. The average molecular weight is 489 g/mol. The van der Waals surface area contributed by atoms with Crippen molar-refractivity contribution in [3.05, 3.63) is 82.9 Å². The number of aromatic nitrogens is 1. The normalized spacial score (nSPS) is 12.5. The number of halogens is 1. The van der Waals surface area contributed by atoms with Gasteiger partial charge in [-0.2, -0.15) is 0 Å². The number of hydrogen-bond donors (Lipinski definition) is 1. The first kappa shape index (κ1) is 23.0. The van der Waals surface area contributed by atoms with Crippen molar-refractivity contribution in [1.82, 2.24) is 5.16 Å². The number of carbonyl (C=O) groups excluding carboxylic acids is 1. The Hall–Kier alpha value is -3.77. The number of hydrogen-bond acceptors (Lipinski definition) is 5. The summed E-state index contributed by atoms with van der Waals surface area (Å²) >= 11 is 5.93. The van der Waals surface area contributed by atoms with Gasteiger partial charge in [-0.25, -0.2) is 0 Å². The molecule has 0 unspecified atom stereocenters. The van der Waals surface area contributed by atoms with Crippen molar-refractivity contribution in [3.63, 3.8) is 0 Å². The standard InChI is InChI=1S/C28H25ClN2O4/c1-28(2,34-21-11-7-19(29)8-12-21)27(32)30-20-9-4-17(5-10-20)26-24-14-6-18-16-22(33-3)13-15-23(18)25(24)31-35-26/h4-5,7-13,15-16H,6,14H2,1-3H3,(H,30,32). The zero-order valence-corrected chi connectivity index (χ0v) is 20.5. The van der Waals surface area contributed by atoms with Crippen LogP contribution < -0.4 is 14.8 Å². The predicted octanol–water partition coefficient (Wildman–Crippen LogP) is 6.57. The minimum absolute atomic E-state index is 0.260. The van der Waals surface area contributed by atoms with Crippen molar-refractivity contribution < 1.29 is 18.8 Å². The molecule has 0 saturated heterocycles. The van der Waals surface area contributed by atoms with E-state index < -0.39 is 5.60 Å². The molecule has 1 heterocycles.